The highest BCUT2D eigenvalue weighted by atomic mass is 32.2. The van der Waals surface area contributed by atoms with Crippen LogP contribution in [0.15, 0.2) is 81.6 Å². The largest absolute Gasteiger partial charge is 0.506 e. The van der Waals surface area contributed by atoms with Gasteiger partial charge in [0.2, 0.25) is 10.0 Å². The topological polar surface area (TPSA) is 163 Å². The average Bonchev–Trinajstić information content (AvgIpc) is 2.96. The van der Waals surface area contributed by atoms with Gasteiger partial charge in [0.15, 0.2) is 11.6 Å². The Labute approximate surface area is 263 Å². The minimum atomic E-state index is -4.42. The summed E-state index contributed by atoms with van der Waals surface area (Å²) in [5, 5.41) is 18.0. The Morgan fingerprint density at radius 2 is 1.73 bits per heavy atom. The van der Waals surface area contributed by atoms with E-state index in [1.807, 2.05) is 24.3 Å². The van der Waals surface area contributed by atoms with Crippen LogP contribution in [0.4, 0.5) is 11.4 Å². The number of methoxy groups -OCH3 is 1. The van der Waals surface area contributed by atoms with Crippen LogP contribution in [-0.2, 0) is 36.9 Å². The summed E-state index contributed by atoms with van der Waals surface area (Å²) in [7, 11) is -6.50. The lowest BCUT2D eigenvalue weighted by Crippen LogP contribution is -2.53. The molecule has 1 heterocycles. The van der Waals surface area contributed by atoms with Gasteiger partial charge in [-0.05, 0) is 59.7 Å². The molecule has 0 saturated heterocycles. The Morgan fingerprint density at radius 3 is 2.38 bits per heavy atom. The van der Waals surface area contributed by atoms with Crippen LogP contribution in [0, 0.1) is 5.41 Å². The first kappa shape index (κ1) is 32.2. The highest BCUT2D eigenvalue weighted by molar-refractivity contribution is 7.92. The second-order valence-corrected chi connectivity index (χ2v) is 15.7. The molecule has 238 valence electrons. The summed E-state index contributed by atoms with van der Waals surface area (Å²) in [6.45, 7) is 6.50. The number of nitrogens with one attached hydrogen (secondary N) is 3. The fraction of sp³-hybridized carbons (Fsp3) is 0.312. The number of rotatable bonds is 9. The molecule has 2 aliphatic rings. The second-order valence-electron chi connectivity index (χ2n) is 12.4. The summed E-state index contributed by atoms with van der Waals surface area (Å²) < 4.78 is 61.8. The predicted molar refractivity (Wildman–Crippen MR) is 174 cm³/mol. The Balaban J connectivity index is 1.62. The first-order chi connectivity index (χ1) is 21.0. The minimum absolute atomic E-state index is 0.0361. The van der Waals surface area contributed by atoms with Crippen LogP contribution in [0.25, 0.3) is 5.76 Å². The molecule has 4 N–H and O–H groups in total. The molecular weight excluding hydrogens is 617 g/mol. The molecule has 0 aromatic heterocycles. The second kappa shape index (κ2) is 11.6. The normalized spacial score (nSPS) is 19.2. The first-order valence-electron chi connectivity index (χ1n) is 14.2. The molecule has 0 bridgehead atoms. The Kier molecular flexibility index (Phi) is 8.32. The van der Waals surface area contributed by atoms with Crippen LogP contribution in [-0.4, -0.2) is 46.9 Å². The van der Waals surface area contributed by atoms with Crippen molar-refractivity contribution in [3.8, 4) is 5.75 Å². The summed E-state index contributed by atoms with van der Waals surface area (Å²) in [6.07, 6.45) is 1.91. The number of Topliss-reactive ketones (excluding diaryl/α,β-unsaturated/α-hetero) is 1. The van der Waals surface area contributed by atoms with Crippen molar-refractivity contribution in [2.24, 2.45) is 9.81 Å². The van der Waals surface area contributed by atoms with Crippen LogP contribution >= 0.6 is 0 Å². The molecule has 11 nitrogen and oxygen atoms in total. The van der Waals surface area contributed by atoms with Gasteiger partial charge in [-0.2, -0.15) is 8.42 Å². The molecule has 13 heteroatoms. The van der Waals surface area contributed by atoms with E-state index in [1.165, 1.54) is 12.1 Å². The molecule has 1 unspecified atom stereocenters. The first-order valence-corrected chi connectivity index (χ1v) is 17.6. The minimum Gasteiger partial charge on any atom is -0.506 e. The van der Waals surface area contributed by atoms with Crippen molar-refractivity contribution in [3.63, 3.8) is 0 Å². The van der Waals surface area contributed by atoms with Crippen molar-refractivity contribution in [2.75, 3.05) is 23.4 Å². The quantitative estimate of drug-likeness (QED) is 0.251. The third-order valence-corrected chi connectivity index (χ3v) is 9.68. The molecule has 0 radical (unpaired) electrons. The lowest BCUT2D eigenvalue weighted by atomic mass is 9.69. The molecule has 0 amide bonds. The van der Waals surface area contributed by atoms with Gasteiger partial charge in [0.25, 0.3) is 10.0 Å². The number of aliphatic hydroxyl groups is 1. The summed E-state index contributed by atoms with van der Waals surface area (Å²) >= 11 is 0. The molecule has 5 rings (SSSR count). The zero-order valence-corrected chi connectivity index (χ0v) is 27.3. The number of anilines is 2. The number of carbonyl (C=O) groups excluding carboxylic acids is 1. The maximum atomic E-state index is 14.8. The zero-order valence-electron chi connectivity index (χ0n) is 25.6. The van der Waals surface area contributed by atoms with Gasteiger partial charge in [0.05, 0.1) is 19.1 Å². The van der Waals surface area contributed by atoms with E-state index in [1.54, 1.807) is 31.4 Å². The van der Waals surface area contributed by atoms with Crippen LogP contribution in [0.3, 0.4) is 0 Å². The fourth-order valence-electron chi connectivity index (χ4n) is 5.47. The highest BCUT2D eigenvalue weighted by Crippen LogP contribution is 2.44. The van der Waals surface area contributed by atoms with Crippen molar-refractivity contribution >= 4 is 48.8 Å². The third kappa shape index (κ3) is 6.60. The van der Waals surface area contributed by atoms with Gasteiger partial charge in [0.1, 0.15) is 27.5 Å². The Morgan fingerprint density at radius 1 is 1.04 bits per heavy atom. The molecular formula is C32H36N4O7S2. The number of nitrogens with zero attached hydrogens (tertiary/aromatic N) is 1. The van der Waals surface area contributed by atoms with E-state index in [2.05, 4.69) is 40.5 Å². The smallest absolute Gasteiger partial charge is 0.286 e. The van der Waals surface area contributed by atoms with Gasteiger partial charge >= 0.3 is 0 Å². The molecule has 0 fully saturated rings. The molecule has 1 aliphatic heterocycles. The molecule has 3 aromatic rings. The van der Waals surface area contributed by atoms with Gasteiger partial charge in [-0.3, -0.25) is 14.8 Å². The van der Waals surface area contributed by atoms with Crippen molar-refractivity contribution in [3.05, 3.63) is 89.0 Å². The van der Waals surface area contributed by atoms with Gasteiger partial charge in [-0.15, -0.1) is 4.40 Å². The summed E-state index contributed by atoms with van der Waals surface area (Å²) in [5.41, 5.74) is 0.189. The van der Waals surface area contributed by atoms with Crippen molar-refractivity contribution in [1.82, 2.24) is 5.32 Å². The average molecular weight is 653 g/mol. The van der Waals surface area contributed by atoms with Gasteiger partial charge < -0.3 is 15.2 Å². The van der Waals surface area contributed by atoms with Gasteiger partial charge in [-0.1, -0.05) is 57.2 Å². The van der Waals surface area contributed by atoms with Gasteiger partial charge in [0, 0.05) is 17.8 Å². The number of aliphatic hydroxyl groups excluding tert-OH is 1. The van der Waals surface area contributed by atoms with Crippen molar-refractivity contribution in [2.45, 2.75) is 50.6 Å². The molecule has 45 heavy (non-hydrogen) atoms. The maximum Gasteiger partial charge on any atom is 0.286 e. The number of amidine groups is 1. The number of ketones is 1. The van der Waals surface area contributed by atoms with Crippen molar-refractivity contribution in [1.29, 1.82) is 0 Å². The molecule has 0 spiro atoms. The monoisotopic (exact) mass is 652 g/mol. The van der Waals surface area contributed by atoms with E-state index in [-0.39, 0.29) is 33.1 Å². The third-order valence-electron chi connectivity index (χ3n) is 7.76. The number of carbonyl (C=O) groups is 1. The summed E-state index contributed by atoms with van der Waals surface area (Å²) in [4.78, 5) is 14.5. The summed E-state index contributed by atoms with van der Waals surface area (Å²) in [5.74, 6) is -0.558. The Bertz CT molecular complexity index is 1950. The number of hydrogen-bond donors (Lipinski definition) is 4. The molecule has 1 atom stereocenters. The predicted octanol–water partition coefficient (Wildman–Crippen LogP) is 4.94. The molecule has 3 aromatic carbocycles. The van der Waals surface area contributed by atoms with Crippen LogP contribution in [0.5, 0.6) is 5.75 Å². The highest BCUT2D eigenvalue weighted by Gasteiger charge is 2.49. The number of ether oxygens (including phenoxy) is 1. The lowest BCUT2D eigenvalue weighted by Gasteiger charge is -2.41. The summed E-state index contributed by atoms with van der Waals surface area (Å²) in [6, 6.07) is 18.4. The number of hydrogen-bond acceptors (Lipinski definition) is 9. The van der Waals surface area contributed by atoms with E-state index in [0.29, 0.717) is 36.3 Å². The number of benzene rings is 3. The number of sulfonamides is 2. The standard InChI is InChI=1S/C32H36N4O7S2/c1-31(2,3)16-17-32(33-19-20-10-13-22(43-4)14-11-20)24-9-7-6-8-23(24)28(37)27(29(32)38)30-34-25-15-12-21(35-44(5,39)40)18-26(25)45(41,42)36-30/h6-15,18,33,35,37H,16-17,19H2,1-5H3,(H,34,36). The van der Waals surface area contributed by atoms with E-state index in [9.17, 15) is 26.7 Å². The van der Waals surface area contributed by atoms with E-state index >= 15 is 0 Å². The zero-order chi connectivity index (χ0) is 32.8. The number of fused-ring (bicyclic) bond motifs is 2. The molecule has 1 aliphatic carbocycles. The van der Waals surface area contributed by atoms with Crippen molar-refractivity contribution < 1.29 is 31.5 Å². The molecule has 0 saturated carbocycles. The SMILES string of the molecule is COc1ccc(CNC2(CCC(C)(C)C)C(=O)C(C3=NS(=O)(=O)c4cc(NS(C)(=O)=O)ccc4N3)=C(O)c3ccccc32)cc1. The van der Waals surface area contributed by atoms with Gasteiger partial charge in [-0.25, -0.2) is 8.42 Å². The Hall–Kier alpha value is -4.20. The maximum absolute atomic E-state index is 14.8. The lowest BCUT2D eigenvalue weighted by molar-refractivity contribution is -0.122. The van der Waals surface area contributed by atoms with E-state index < -0.39 is 37.1 Å². The fourth-order valence-corrected chi connectivity index (χ4v) is 7.18. The van der Waals surface area contributed by atoms with Crippen LogP contribution in [0.2, 0.25) is 0 Å². The van der Waals surface area contributed by atoms with E-state index in [4.69, 9.17) is 4.74 Å². The van der Waals surface area contributed by atoms with E-state index in [0.717, 1.165) is 17.9 Å². The van der Waals surface area contributed by atoms with Crippen LogP contribution < -0.4 is 20.1 Å². The van der Waals surface area contributed by atoms with Crippen LogP contribution in [0.1, 0.15) is 50.3 Å².